The number of methoxy groups -OCH3 is 2. The van der Waals surface area contributed by atoms with E-state index in [4.69, 9.17) is 14.5 Å². The maximum atomic E-state index is 5.44. The Morgan fingerprint density at radius 2 is 1.82 bits per heavy atom. The lowest BCUT2D eigenvalue weighted by atomic mass is 10.1. The van der Waals surface area contributed by atoms with Gasteiger partial charge < -0.3 is 24.1 Å². The van der Waals surface area contributed by atoms with Crippen LogP contribution in [0.4, 0.5) is 0 Å². The molecule has 0 radical (unpaired) electrons. The quantitative estimate of drug-likeness (QED) is 0.282. The third-order valence-corrected chi connectivity index (χ3v) is 5.91. The molecule has 1 N–H and O–H groups in total. The second-order valence-corrected chi connectivity index (χ2v) is 7.98. The van der Waals surface area contributed by atoms with E-state index in [-0.39, 0.29) is 24.0 Å². The molecule has 9 heteroatoms. The monoisotopic (exact) mass is 564 g/mol. The number of imidazole rings is 1. The van der Waals surface area contributed by atoms with Gasteiger partial charge in [0.05, 0.1) is 26.5 Å². The number of fused-ring (bicyclic) bond motifs is 1. The van der Waals surface area contributed by atoms with Crippen LogP contribution in [-0.2, 0) is 13.1 Å². The molecule has 1 aliphatic heterocycles. The Hall–Kier alpha value is -2.53. The van der Waals surface area contributed by atoms with Crippen molar-refractivity contribution in [3.63, 3.8) is 0 Å². The first-order valence-corrected chi connectivity index (χ1v) is 10.9. The molecule has 0 unspecified atom stereocenters. The van der Waals surface area contributed by atoms with Crippen molar-refractivity contribution in [3.8, 4) is 11.5 Å². The van der Waals surface area contributed by atoms with Crippen LogP contribution < -0.4 is 14.8 Å². The van der Waals surface area contributed by atoms with Gasteiger partial charge in [-0.2, -0.15) is 0 Å². The molecule has 3 heterocycles. The molecular formula is C24H33IN6O2. The van der Waals surface area contributed by atoms with Crippen LogP contribution in [-0.4, -0.2) is 72.6 Å². The van der Waals surface area contributed by atoms with Crippen LogP contribution in [0.1, 0.15) is 17.0 Å². The number of aryl methyl sites for hydroxylation is 1. The maximum absolute atomic E-state index is 5.44. The van der Waals surface area contributed by atoms with E-state index in [9.17, 15) is 0 Å². The van der Waals surface area contributed by atoms with Gasteiger partial charge in [-0.25, -0.2) is 4.98 Å². The number of pyridine rings is 1. The Morgan fingerprint density at radius 3 is 2.48 bits per heavy atom. The van der Waals surface area contributed by atoms with Crippen molar-refractivity contribution >= 4 is 35.6 Å². The summed E-state index contributed by atoms with van der Waals surface area (Å²) >= 11 is 0. The SMILES string of the molecule is CN=C(NCc1cn2c(C)cccc2n1)N1CCN(Cc2ccc(OC)c(OC)c2)CC1.I. The van der Waals surface area contributed by atoms with Gasteiger partial charge in [0.15, 0.2) is 17.5 Å². The molecular weight excluding hydrogens is 531 g/mol. The number of aliphatic imine (C=N–C) groups is 1. The molecule has 3 aromatic rings. The number of guanidine groups is 1. The molecule has 0 bridgehead atoms. The molecule has 2 aromatic heterocycles. The predicted octanol–water partition coefficient (Wildman–Crippen LogP) is 3.17. The van der Waals surface area contributed by atoms with Gasteiger partial charge in [-0.05, 0) is 36.8 Å². The molecule has 0 atom stereocenters. The summed E-state index contributed by atoms with van der Waals surface area (Å²) in [4.78, 5) is 14.0. The first-order chi connectivity index (χ1) is 15.6. The highest BCUT2D eigenvalue weighted by Crippen LogP contribution is 2.28. The van der Waals surface area contributed by atoms with Gasteiger partial charge in [-0.1, -0.05) is 12.1 Å². The number of hydrogen-bond donors (Lipinski definition) is 1. The smallest absolute Gasteiger partial charge is 0.194 e. The Labute approximate surface area is 212 Å². The molecule has 1 aromatic carbocycles. The van der Waals surface area contributed by atoms with E-state index in [0.29, 0.717) is 6.54 Å². The van der Waals surface area contributed by atoms with Crippen molar-refractivity contribution in [2.24, 2.45) is 4.99 Å². The summed E-state index contributed by atoms with van der Waals surface area (Å²) in [6.07, 6.45) is 2.09. The Bertz CT molecular complexity index is 1090. The summed E-state index contributed by atoms with van der Waals surface area (Å²) in [5.41, 5.74) is 4.38. The normalized spacial score (nSPS) is 14.8. The second-order valence-electron chi connectivity index (χ2n) is 7.98. The number of rotatable bonds is 6. The zero-order chi connectivity index (χ0) is 22.5. The lowest BCUT2D eigenvalue weighted by Gasteiger charge is -2.36. The number of ether oxygens (including phenoxy) is 2. The predicted molar refractivity (Wildman–Crippen MR) is 142 cm³/mol. The van der Waals surface area contributed by atoms with E-state index in [1.54, 1.807) is 14.2 Å². The lowest BCUT2D eigenvalue weighted by Crippen LogP contribution is -2.52. The summed E-state index contributed by atoms with van der Waals surface area (Å²) < 4.78 is 12.9. The fraction of sp³-hybridized carbons (Fsp3) is 0.417. The molecule has 0 aliphatic carbocycles. The van der Waals surface area contributed by atoms with Crippen LogP contribution in [0.15, 0.2) is 47.6 Å². The van der Waals surface area contributed by atoms with E-state index in [2.05, 4.69) is 55.8 Å². The summed E-state index contributed by atoms with van der Waals surface area (Å²) in [5, 5.41) is 3.48. The maximum Gasteiger partial charge on any atom is 0.194 e. The standard InChI is InChI=1S/C24H32N6O2.HI/c1-18-6-5-7-23-27-20(17-30(18)23)15-26-24(25-2)29-12-10-28(11-13-29)16-19-8-9-21(31-3)22(14-19)32-4;/h5-9,14,17H,10-13,15-16H2,1-4H3,(H,25,26);1H. The van der Waals surface area contributed by atoms with Crippen LogP contribution in [0.2, 0.25) is 0 Å². The van der Waals surface area contributed by atoms with Gasteiger partial charge in [0, 0.05) is 51.7 Å². The molecule has 178 valence electrons. The zero-order valence-electron chi connectivity index (χ0n) is 19.7. The largest absolute Gasteiger partial charge is 0.493 e. The molecule has 4 rings (SSSR count). The molecule has 0 saturated carbocycles. The van der Waals surface area contributed by atoms with Crippen LogP contribution in [0.25, 0.3) is 5.65 Å². The van der Waals surface area contributed by atoms with Gasteiger partial charge >= 0.3 is 0 Å². The van der Waals surface area contributed by atoms with Crippen LogP contribution in [0.5, 0.6) is 11.5 Å². The zero-order valence-corrected chi connectivity index (χ0v) is 22.1. The molecule has 33 heavy (non-hydrogen) atoms. The number of benzene rings is 1. The summed E-state index contributed by atoms with van der Waals surface area (Å²) in [5.74, 6) is 2.46. The topological polar surface area (TPSA) is 66.6 Å². The van der Waals surface area contributed by atoms with Crippen molar-refractivity contribution < 1.29 is 9.47 Å². The summed E-state index contributed by atoms with van der Waals surface area (Å²) in [6, 6.07) is 12.3. The van der Waals surface area contributed by atoms with Crippen molar-refractivity contribution in [3.05, 3.63) is 59.5 Å². The average Bonchev–Trinajstić information content (AvgIpc) is 3.25. The highest BCUT2D eigenvalue weighted by atomic mass is 127. The summed E-state index contributed by atoms with van der Waals surface area (Å²) in [7, 11) is 5.17. The molecule has 1 fully saturated rings. The third kappa shape index (κ3) is 5.89. The molecule has 1 saturated heterocycles. The van der Waals surface area contributed by atoms with Crippen LogP contribution >= 0.6 is 24.0 Å². The number of hydrogen-bond acceptors (Lipinski definition) is 5. The van der Waals surface area contributed by atoms with Crippen molar-refractivity contribution in [1.29, 1.82) is 0 Å². The van der Waals surface area contributed by atoms with Gasteiger partial charge in [0.1, 0.15) is 5.65 Å². The van der Waals surface area contributed by atoms with Crippen molar-refractivity contribution in [1.82, 2.24) is 24.5 Å². The number of aromatic nitrogens is 2. The lowest BCUT2D eigenvalue weighted by molar-refractivity contribution is 0.172. The van der Waals surface area contributed by atoms with Crippen LogP contribution in [0, 0.1) is 6.92 Å². The minimum absolute atomic E-state index is 0. The molecule has 0 amide bonds. The molecule has 8 nitrogen and oxygen atoms in total. The Balaban J connectivity index is 0.00000306. The van der Waals surface area contributed by atoms with E-state index < -0.39 is 0 Å². The van der Waals surface area contributed by atoms with Crippen molar-refractivity contribution in [2.75, 3.05) is 47.4 Å². The van der Waals surface area contributed by atoms with Gasteiger partial charge in [-0.15, -0.1) is 24.0 Å². The minimum atomic E-state index is 0. The molecule has 1 aliphatic rings. The summed E-state index contributed by atoms with van der Waals surface area (Å²) in [6.45, 7) is 7.44. The fourth-order valence-corrected chi connectivity index (χ4v) is 4.14. The first-order valence-electron chi connectivity index (χ1n) is 10.9. The van der Waals surface area contributed by atoms with E-state index >= 15 is 0 Å². The number of nitrogens with one attached hydrogen (secondary N) is 1. The highest BCUT2D eigenvalue weighted by Gasteiger charge is 2.20. The minimum Gasteiger partial charge on any atom is -0.493 e. The molecule has 0 spiro atoms. The Morgan fingerprint density at radius 1 is 1.06 bits per heavy atom. The number of nitrogens with zero attached hydrogens (tertiary/aromatic N) is 5. The first kappa shape index (κ1) is 25.1. The van der Waals surface area contributed by atoms with Crippen molar-refractivity contribution in [2.45, 2.75) is 20.0 Å². The average molecular weight is 564 g/mol. The Kier molecular flexibility index (Phi) is 8.79. The highest BCUT2D eigenvalue weighted by molar-refractivity contribution is 14.0. The third-order valence-electron chi connectivity index (χ3n) is 5.91. The number of piperazine rings is 1. The van der Waals surface area contributed by atoms with Crippen LogP contribution in [0.3, 0.4) is 0 Å². The van der Waals surface area contributed by atoms with Gasteiger partial charge in [0.25, 0.3) is 0 Å². The fourth-order valence-electron chi connectivity index (χ4n) is 4.14. The van der Waals surface area contributed by atoms with Gasteiger partial charge in [-0.3, -0.25) is 9.89 Å². The van der Waals surface area contributed by atoms with E-state index in [0.717, 1.165) is 61.5 Å². The van der Waals surface area contributed by atoms with Gasteiger partial charge in [0.2, 0.25) is 0 Å². The van der Waals surface area contributed by atoms with E-state index in [1.165, 1.54) is 11.3 Å². The number of halogens is 1. The van der Waals surface area contributed by atoms with E-state index in [1.807, 2.05) is 25.2 Å². The second kappa shape index (κ2) is 11.6.